The van der Waals surface area contributed by atoms with Crippen molar-refractivity contribution < 1.29 is 28.7 Å². The number of nitrogens with one attached hydrogen (secondary N) is 1. The van der Waals surface area contributed by atoms with Crippen LogP contribution in [0.25, 0.3) is 21.9 Å². The second-order valence-electron chi connectivity index (χ2n) is 16.0. The Morgan fingerprint density at radius 3 is 2.09 bits per heavy atom. The largest absolute Gasteiger partial charge is 0.496 e. The van der Waals surface area contributed by atoms with Gasteiger partial charge in [0.1, 0.15) is 23.4 Å². The lowest BCUT2D eigenvalue weighted by molar-refractivity contribution is -0.136. The number of methoxy groups -OCH3 is 2. The number of carbonyl (C=O) groups excluding carboxylic acids is 4. The van der Waals surface area contributed by atoms with E-state index in [0.29, 0.717) is 42.2 Å². The molecule has 5 aliphatic rings. The highest BCUT2D eigenvalue weighted by molar-refractivity contribution is 6.23. The second kappa shape index (κ2) is 12.7. The molecule has 6 heterocycles. The van der Waals surface area contributed by atoms with Gasteiger partial charge in [0.05, 0.1) is 36.3 Å². The van der Waals surface area contributed by atoms with Gasteiger partial charge in [0.2, 0.25) is 11.8 Å². The van der Waals surface area contributed by atoms with E-state index in [1.165, 1.54) is 0 Å². The molecular formula is C41H43N7O7. The first-order chi connectivity index (χ1) is 26.4. The van der Waals surface area contributed by atoms with Crippen LogP contribution in [0, 0.1) is 5.41 Å². The predicted octanol–water partition coefficient (Wildman–Crippen LogP) is 3.07. The lowest BCUT2D eigenvalue weighted by atomic mass is 9.60. The summed E-state index contributed by atoms with van der Waals surface area (Å²) >= 11 is 0. The molecule has 14 heteroatoms. The third-order valence-corrected chi connectivity index (χ3v) is 12.3. The van der Waals surface area contributed by atoms with E-state index in [9.17, 15) is 24.0 Å². The van der Waals surface area contributed by atoms with Gasteiger partial charge in [-0.1, -0.05) is 0 Å². The van der Waals surface area contributed by atoms with Crippen LogP contribution in [0.2, 0.25) is 0 Å². The fourth-order valence-electron chi connectivity index (χ4n) is 9.47. The minimum Gasteiger partial charge on any atom is -0.496 e. The Bertz CT molecular complexity index is 2340. The monoisotopic (exact) mass is 745 g/mol. The van der Waals surface area contributed by atoms with Crippen molar-refractivity contribution in [1.82, 2.24) is 29.6 Å². The summed E-state index contributed by atoms with van der Waals surface area (Å²) in [5.74, 6) is 0.293. The van der Waals surface area contributed by atoms with Crippen LogP contribution in [0.5, 0.6) is 11.5 Å². The summed E-state index contributed by atoms with van der Waals surface area (Å²) in [7, 11) is 8.94. The number of likely N-dealkylation sites (tertiary alicyclic amines) is 1. The van der Waals surface area contributed by atoms with Gasteiger partial charge in [-0.05, 0) is 71.7 Å². The van der Waals surface area contributed by atoms with Gasteiger partial charge in [0.15, 0.2) is 0 Å². The van der Waals surface area contributed by atoms with Crippen molar-refractivity contribution in [1.29, 1.82) is 0 Å². The lowest BCUT2D eigenvalue weighted by Gasteiger charge is -2.61. The molecule has 9 rings (SSSR count). The molecule has 1 N–H and O–H groups in total. The van der Waals surface area contributed by atoms with Crippen LogP contribution >= 0.6 is 0 Å². The number of rotatable bonds is 8. The first-order valence-electron chi connectivity index (χ1n) is 18.6. The van der Waals surface area contributed by atoms with Gasteiger partial charge in [-0.3, -0.25) is 44.0 Å². The number of pyridine rings is 2. The van der Waals surface area contributed by atoms with Gasteiger partial charge < -0.3 is 18.9 Å². The van der Waals surface area contributed by atoms with Crippen LogP contribution in [-0.2, 0) is 36.3 Å². The van der Waals surface area contributed by atoms with E-state index in [1.54, 1.807) is 32.0 Å². The van der Waals surface area contributed by atoms with Crippen molar-refractivity contribution in [2.75, 3.05) is 46.3 Å². The van der Waals surface area contributed by atoms with Crippen molar-refractivity contribution in [3.05, 3.63) is 80.9 Å². The van der Waals surface area contributed by atoms with E-state index in [0.717, 1.165) is 81.4 Å². The van der Waals surface area contributed by atoms with Crippen LogP contribution in [0.3, 0.4) is 0 Å². The molecule has 0 radical (unpaired) electrons. The van der Waals surface area contributed by atoms with E-state index in [1.807, 2.05) is 55.5 Å². The molecule has 1 unspecified atom stereocenters. The number of fused-ring (bicyclic) bond motifs is 3. The average molecular weight is 746 g/mol. The number of aryl methyl sites for hydroxylation is 1. The molecule has 284 valence electrons. The molecule has 2 aromatic heterocycles. The van der Waals surface area contributed by atoms with E-state index in [4.69, 9.17) is 9.47 Å². The molecule has 3 fully saturated rings. The topological polar surface area (TPSA) is 147 Å². The van der Waals surface area contributed by atoms with Gasteiger partial charge in [0, 0.05) is 89.7 Å². The maximum absolute atomic E-state index is 13.4. The van der Waals surface area contributed by atoms with E-state index in [-0.39, 0.29) is 29.7 Å². The Kier molecular flexibility index (Phi) is 8.13. The highest BCUT2D eigenvalue weighted by Gasteiger charge is 2.54. The maximum Gasteiger partial charge on any atom is 0.262 e. The Morgan fingerprint density at radius 2 is 1.51 bits per heavy atom. The number of aromatic nitrogens is 2. The fraction of sp³-hybridized carbons (Fsp3) is 0.415. The summed E-state index contributed by atoms with van der Waals surface area (Å²) in [6.45, 7) is 4.05. The summed E-state index contributed by atoms with van der Waals surface area (Å²) in [5.41, 5.74) is 5.66. The summed E-state index contributed by atoms with van der Waals surface area (Å²) in [4.78, 5) is 76.2. The van der Waals surface area contributed by atoms with Crippen molar-refractivity contribution in [3.63, 3.8) is 0 Å². The molecule has 4 aromatic rings. The van der Waals surface area contributed by atoms with Crippen LogP contribution in [0.4, 0.5) is 5.82 Å². The zero-order valence-corrected chi connectivity index (χ0v) is 31.6. The minimum atomic E-state index is -0.964. The molecule has 2 aromatic carbocycles. The standard InChI is InChI=1S/C41H43N7O7/c1-44(2)35-12-26-29(15-42-35)38(51)45(3)18-30(26)22-10-33(54-4)31(34(11-22)55-5)19-46-20-41(21-46)13-25(14-41)47-16-23-8-27-28(9-24(23)17-47)40(53)48(39(27)52)32-6-7-36(49)43-37(32)50/h8-12,15,18,25,32H,6-7,13-14,16-17,19-21H2,1-5H3,(H,43,49,50). The van der Waals surface area contributed by atoms with Gasteiger partial charge in [-0.25, -0.2) is 4.98 Å². The highest BCUT2D eigenvalue weighted by Crippen LogP contribution is 2.53. The molecule has 0 bridgehead atoms. The summed E-state index contributed by atoms with van der Waals surface area (Å²) in [5, 5.41) is 3.61. The first-order valence-corrected chi connectivity index (χ1v) is 18.6. The van der Waals surface area contributed by atoms with Gasteiger partial charge >= 0.3 is 0 Å². The quantitative estimate of drug-likeness (QED) is 0.266. The van der Waals surface area contributed by atoms with Crippen molar-refractivity contribution in [2.45, 2.75) is 57.4 Å². The number of hydrogen-bond acceptors (Lipinski definition) is 11. The third kappa shape index (κ3) is 5.60. The molecule has 4 aliphatic heterocycles. The van der Waals surface area contributed by atoms with Crippen molar-refractivity contribution >= 4 is 40.2 Å². The Balaban J connectivity index is 0.863. The fourth-order valence-corrected chi connectivity index (χ4v) is 9.47. The summed E-state index contributed by atoms with van der Waals surface area (Å²) < 4.78 is 13.5. The number of benzene rings is 2. The Morgan fingerprint density at radius 1 is 0.873 bits per heavy atom. The molecule has 1 saturated carbocycles. The van der Waals surface area contributed by atoms with Crippen molar-refractivity contribution in [2.24, 2.45) is 12.5 Å². The molecule has 14 nitrogen and oxygen atoms in total. The van der Waals surface area contributed by atoms with E-state index < -0.39 is 23.8 Å². The number of nitrogens with zero attached hydrogens (tertiary/aromatic N) is 6. The van der Waals surface area contributed by atoms with Crippen LogP contribution in [0.15, 0.2) is 47.5 Å². The maximum atomic E-state index is 13.4. The average Bonchev–Trinajstić information content (AvgIpc) is 3.65. The summed E-state index contributed by atoms with van der Waals surface area (Å²) in [6, 6.07) is 9.11. The zero-order valence-electron chi connectivity index (χ0n) is 31.6. The van der Waals surface area contributed by atoms with Crippen molar-refractivity contribution in [3.8, 4) is 22.6 Å². The number of ether oxygens (including phenoxy) is 2. The molecule has 4 amide bonds. The second-order valence-corrected chi connectivity index (χ2v) is 16.0. The molecule has 1 aliphatic carbocycles. The van der Waals surface area contributed by atoms with Gasteiger partial charge in [-0.2, -0.15) is 0 Å². The van der Waals surface area contributed by atoms with Gasteiger partial charge in [0.25, 0.3) is 17.4 Å². The first kappa shape index (κ1) is 35.1. The van der Waals surface area contributed by atoms with E-state index >= 15 is 0 Å². The number of hydrogen-bond donors (Lipinski definition) is 1. The third-order valence-electron chi connectivity index (χ3n) is 12.3. The van der Waals surface area contributed by atoms with Crippen LogP contribution < -0.4 is 25.2 Å². The minimum absolute atomic E-state index is 0.0967. The zero-order chi connectivity index (χ0) is 38.5. The Hall–Kier alpha value is -5.60. The van der Waals surface area contributed by atoms with E-state index in [2.05, 4.69) is 20.1 Å². The lowest BCUT2D eigenvalue weighted by Crippen LogP contribution is -2.65. The number of piperidine rings is 1. The molecule has 55 heavy (non-hydrogen) atoms. The smallest absolute Gasteiger partial charge is 0.262 e. The molecule has 1 spiro atoms. The number of amides is 4. The number of anilines is 1. The predicted molar refractivity (Wildman–Crippen MR) is 203 cm³/mol. The number of imide groups is 2. The summed E-state index contributed by atoms with van der Waals surface area (Å²) in [6.07, 6.45) is 5.89. The normalized spacial score (nSPS) is 20.7. The number of carbonyl (C=O) groups is 4. The molecular weight excluding hydrogens is 702 g/mol. The highest BCUT2D eigenvalue weighted by atomic mass is 16.5. The van der Waals surface area contributed by atoms with Crippen LogP contribution in [0.1, 0.15) is 63.1 Å². The SMILES string of the molecule is COc1cc(-c2cn(C)c(=O)c3cnc(N(C)C)cc23)cc(OC)c1CN1CC2(CC(N3Cc4cc5c(cc4C3)C(=O)N(C3CCC(=O)NC3=O)C5=O)C2)C1. The van der Waals surface area contributed by atoms with Gasteiger partial charge in [-0.15, -0.1) is 0 Å². The van der Waals surface area contributed by atoms with Crippen LogP contribution in [-0.4, -0.2) is 101 Å². The molecule has 1 atom stereocenters. The molecule has 2 saturated heterocycles. The Labute approximate surface area is 317 Å².